The third kappa shape index (κ3) is 7.49. The molecule has 2 aromatic rings. The minimum atomic E-state index is -5.38. The maximum absolute atomic E-state index is 14.0. The maximum atomic E-state index is 14.0. The van der Waals surface area contributed by atoms with Crippen molar-refractivity contribution in [3.05, 3.63) is 65.1 Å². The number of nitrogens with one attached hydrogen (secondary N) is 1. The molecule has 40 heavy (non-hydrogen) atoms. The average molecular weight is 575 g/mol. The molecule has 3 rings (SSSR count). The lowest BCUT2D eigenvalue weighted by molar-refractivity contribution is -0.143. The summed E-state index contributed by atoms with van der Waals surface area (Å²) in [6, 6.07) is 4.46. The molecular weight excluding hydrogens is 551 g/mol. The minimum Gasteiger partial charge on any atom is -0.409 e. The van der Waals surface area contributed by atoms with Gasteiger partial charge in [-0.15, -0.1) is 0 Å². The smallest absolute Gasteiger partial charge is 0.409 e. The summed E-state index contributed by atoms with van der Waals surface area (Å²) in [5, 5.41) is 2.88. The number of amides is 2. The van der Waals surface area contributed by atoms with E-state index in [0.29, 0.717) is 19.2 Å². The van der Waals surface area contributed by atoms with Gasteiger partial charge in [0.05, 0.1) is 24.2 Å². The van der Waals surface area contributed by atoms with Gasteiger partial charge in [0.15, 0.2) is 5.75 Å². The molecular formula is C25H24F7N5O3. The molecule has 2 amide bonds. The third-order valence-corrected chi connectivity index (χ3v) is 5.81. The zero-order valence-corrected chi connectivity index (χ0v) is 20.9. The molecule has 3 N–H and O–H groups in total. The Morgan fingerprint density at radius 3 is 2.40 bits per heavy atom. The largest absolute Gasteiger partial charge is 0.420 e. The molecule has 1 heterocycles. The van der Waals surface area contributed by atoms with Crippen molar-refractivity contribution in [2.45, 2.75) is 12.4 Å². The molecule has 1 fully saturated rings. The lowest BCUT2D eigenvalue weighted by atomic mass is 9.98. The van der Waals surface area contributed by atoms with E-state index in [9.17, 15) is 40.3 Å². The number of carbonyl (C=O) groups excluding carboxylic acids is 2. The van der Waals surface area contributed by atoms with Crippen molar-refractivity contribution in [3.8, 4) is 5.75 Å². The van der Waals surface area contributed by atoms with Crippen LogP contribution in [0.2, 0.25) is 0 Å². The van der Waals surface area contributed by atoms with Gasteiger partial charge in [0.2, 0.25) is 5.91 Å². The Balaban J connectivity index is 2.01. The highest BCUT2D eigenvalue weighted by Crippen LogP contribution is 2.44. The lowest BCUT2D eigenvalue weighted by Crippen LogP contribution is -2.48. The molecule has 2 aromatic carbocycles. The number of anilines is 1. The standard InChI is InChI=1S/C25H24F7N5O3/c1-36(18-4-2-17(26)3-5-18)23(39)40-22-19(10-16(24(27,28)29)11-20(22)25(30,31)32)15(12-33)13-34-6-8-37-9-7-35-14-21(37)38/h2-5,10-13,35H,6-9,14,33H2,1H3/b15-12+,34-13?. The number of benzene rings is 2. The Kier molecular flexibility index (Phi) is 9.40. The van der Waals surface area contributed by atoms with E-state index in [4.69, 9.17) is 10.5 Å². The van der Waals surface area contributed by atoms with E-state index >= 15 is 0 Å². The minimum absolute atomic E-state index is 0.0312. The second-order valence-corrected chi connectivity index (χ2v) is 8.51. The van der Waals surface area contributed by atoms with Crippen molar-refractivity contribution < 1.29 is 45.1 Å². The lowest BCUT2D eigenvalue weighted by Gasteiger charge is -2.26. The van der Waals surface area contributed by atoms with Crippen LogP contribution in [0.4, 0.5) is 41.2 Å². The van der Waals surface area contributed by atoms with Crippen LogP contribution in [0, 0.1) is 5.82 Å². The SMILES string of the molecule is CN(C(=O)Oc1c(/C(C=NCCN2CCNCC2=O)=C/N)cc(C(F)(F)F)cc1C(F)(F)F)c1ccc(F)cc1. The fourth-order valence-corrected chi connectivity index (χ4v) is 3.68. The van der Waals surface area contributed by atoms with Crippen LogP contribution in [0.5, 0.6) is 5.75 Å². The zero-order valence-electron chi connectivity index (χ0n) is 20.9. The van der Waals surface area contributed by atoms with Gasteiger partial charge in [0.1, 0.15) is 5.82 Å². The van der Waals surface area contributed by atoms with Crippen molar-refractivity contribution in [2.75, 3.05) is 44.7 Å². The predicted molar refractivity (Wildman–Crippen MR) is 132 cm³/mol. The predicted octanol–water partition coefficient (Wildman–Crippen LogP) is 4.30. The molecule has 0 saturated carbocycles. The number of nitrogens with zero attached hydrogens (tertiary/aromatic N) is 3. The first kappa shape index (κ1) is 30.4. The van der Waals surface area contributed by atoms with Crippen LogP contribution in [0.15, 0.2) is 47.6 Å². The first-order valence-electron chi connectivity index (χ1n) is 11.7. The van der Waals surface area contributed by atoms with Crippen molar-refractivity contribution in [3.63, 3.8) is 0 Å². The Bertz CT molecular complexity index is 1290. The number of halogens is 7. The van der Waals surface area contributed by atoms with E-state index in [0.717, 1.165) is 48.6 Å². The molecule has 0 aromatic heterocycles. The van der Waals surface area contributed by atoms with Crippen LogP contribution >= 0.6 is 0 Å². The molecule has 0 unspecified atom stereocenters. The van der Waals surface area contributed by atoms with Crippen molar-refractivity contribution in [1.82, 2.24) is 10.2 Å². The first-order valence-corrected chi connectivity index (χ1v) is 11.7. The van der Waals surface area contributed by atoms with E-state index in [1.165, 1.54) is 4.90 Å². The Morgan fingerprint density at radius 1 is 1.15 bits per heavy atom. The highest BCUT2D eigenvalue weighted by molar-refractivity contribution is 6.11. The summed E-state index contributed by atoms with van der Waals surface area (Å²) in [4.78, 5) is 30.9. The molecule has 0 spiro atoms. The van der Waals surface area contributed by atoms with Crippen molar-refractivity contribution in [1.29, 1.82) is 0 Å². The number of carbonyl (C=O) groups is 2. The number of piperazine rings is 1. The quantitative estimate of drug-likeness (QED) is 0.379. The molecule has 1 saturated heterocycles. The van der Waals surface area contributed by atoms with Crippen LogP contribution in [-0.4, -0.2) is 62.9 Å². The number of alkyl halides is 6. The van der Waals surface area contributed by atoms with Crippen LogP contribution in [-0.2, 0) is 17.1 Å². The van der Waals surface area contributed by atoms with E-state index in [1.807, 2.05) is 0 Å². The van der Waals surface area contributed by atoms with E-state index in [2.05, 4.69) is 10.3 Å². The molecule has 0 radical (unpaired) electrons. The highest BCUT2D eigenvalue weighted by atomic mass is 19.4. The van der Waals surface area contributed by atoms with Gasteiger partial charge in [-0.05, 0) is 36.4 Å². The van der Waals surface area contributed by atoms with E-state index < -0.39 is 52.3 Å². The van der Waals surface area contributed by atoms with Crippen molar-refractivity contribution in [2.24, 2.45) is 10.7 Å². The normalized spacial score (nSPS) is 15.1. The van der Waals surface area contributed by atoms with Gasteiger partial charge < -0.3 is 20.7 Å². The summed E-state index contributed by atoms with van der Waals surface area (Å²) >= 11 is 0. The van der Waals surface area contributed by atoms with Gasteiger partial charge >= 0.3 is 18.4 Å². The molecule has 0 bridgehead atoms. The number of rotatable bonds is 7. The number of allylic oxidation sites excluding steroid dienone is 1. The Labute approximate surface area is 223 Å². The molecule has 0 aliphatic carbocycles. The Morgan fingerprint density at radius 2 is 1.82 bits per heavy atom. The van der Waals surface area contributed by atoms with Crippen LogP contribution < -0.4 is 20.7 Å². The summed E-state index contributed by atoms with van der Waals surface area (Å²) in [5.74, 6) is -2.07. The monoisotopic (exact) mass is 575 g/mol. The highest BCUT2D eigenvalue weighted by Gasteiger charge is 2.41. The Hall–Kier alpha value is -4.14. The summed E-state index contributed by atoms with van der Waals surface area (Å²) in [5.41, 5.74) is 0.845. The number of hydrogen-bond donors (Lipinski definition) is 2. The fraction of sp³-hybridized carbons (Fsp3) is 0.320. The second kappa shape index (κ2) is 12.4. The van der Waals surface area contributed by atoms with E-state index in [1.54, 1.807) is 0 Å². The van der Waals surface area contributed by atoms with Gasteiger partial charge in [-0.1, -0.05) is 0 Å². The average Bonchev–Trinajstić information content (AvgIpc) is 2.88. The third-order valence-electron chi connectivity index (χ3n) is 5.81. The molecule has 15 heteroatoms. The van der Waals surface area contributed by atoms with E-state index in [-0.39, 0.29) is 37.3 Å². The summed E-state index contributed by atoms with van der Waals surface area (Å²) in [6.45, 7) is 1.20. The number of aliphatic imine (C=N–C) groups is 1. The molecule has 8 nitrogen and oxygen atoms in total. The van der Waals surface area contributed by atoms with Gasteiger partial charge in [-0.2, -0.15) is 26.3 Å². The van der Waals surface area contributed by atoms with Crippen LogP contribution in [0.3, 0.4) is 0 Å². The number of ether oxygens (including phenoxy) is 1. The van der Waals surface area contributed by atoms with Gasteiger partial charge in [0.25, 0.3) is 0 Å². The van der Waals surface area contributed by atoms with Gasteiger partial charge in [0, 0.05) is 55.9 Å². The summed E-state index contributed by atoms with van der Waals surface area (Å²) in [6.07, 6.45) is -10.3. The van der Waals surface area contributed by atoms with Crippen LogP contribution in [0.25, 0.3) is 5.57 Å². The second-order valence-electron chi connectivity index (χ2n) is 8.51. The summed E-state index contributed by atoms with van der Waals surface area (Å²) < 4.78 is 101. The first-order chi connectivity index (χ1) is 18.7. The topological polar surface area (TPSA) is 100 Å². The fourth-order valence-electron chi connectivity index (χ4n) is 3.68. The van der Waals surface area contributed by atoms with Crippen molar-refractivity contribution >= 4 is 29.5 Å². The molecule has 1 aliphatic rings. The maximum Gasteiger partial charge on any atom is 0.420 e. The van der Waals surface area contributed by atoms with Gasteiger partial charge in [-0.25, -0.2) is 9.18 Å². The number of nitrogens with two attached hydrogens (primary N) is 1. The zero-order chi connectivity index (χ0) is 29.7. The molecule has 1 aliphatic heterocycles. The summed E-state index contributed by atoms with van der Waals surface area (Å²) in [7, 11) is 1.12. The van der Waals surface area contributed by atoms with Crippen LogP contribution in [0.1, 0.15) is 16.7 Å². The molecule has 0 atom stereocenters. The van der Waals surface area contributed by atoms with Gasteiger partial charge in [-0.3, -0.25) is 14.7 Å². The number of hydrogen-bond acceptors (Lipinski definition) is 6. The molecule has 216 valence electrons.